The molecule has 1 aliphatic rings. The third kappa shape index (κ3) is 7.40. The third-order valence-electron chi connectivity index (χ3n) is 6.11. The van der Waals surface area contributed by atoms with Gasteiger partial charge in [0.15, 0.2) is 5.96 Å². The van der Waals surface area contributed by atoms with Crippen LogP contribution in [0.4, 0.5) is 0 Å². The molecule has 0 bridgehead atoms. The molecule has 2 atom stereocenters. The molecule has 0 aliphatic carbocycles. The minimum Gasteiger partial charge on any atom is -0.370 e. The number of aliphatic imine (C=N–C) groups is 1. The van der Waals surface area contributed by atoms with Gasteiger partial charge >= 0.3 is 0 Å². The van der Waals surface area contributed by atoms with E-state index >= 15 is 0 Å². The number of guanidine groups is 1. The number of likely N-dealkylation sites (tertiary alicyclic amines) is 1. The number of piperidine rings is 1. The number of nitrogens with one attached hydrogen (secondary N) is 2. The topological polar surface area (TPSA) is 160 Å². The summed E-state index contributed by atoms with van der Waals surface area (Å²) < 4.78 is 28.0. The van der Waals surface area contributed by atoms with E-state index in [0.29, 0.717) is 32.5 Å². The van der Waals surface area contributed by atoms with Gasteiger partial charge in [-0.1, -0.05) is 37.3 Å². The highest BCUT2D eigenvalue weighted by atomic mass is 32.2. The first-order valence-corrected chi connectivity index (χ1v) is 13.3. The summed E-state index contributed by atoms with van der Waals surface area (Å²) in [6.45, 7) is 2.97. The van der Waals surface area contributed by atoms with Crippen LogP contribution in [0.3, 0.4) is 0 Å². The lowest BCUT2D eigenvalue weighted by molar-refractivity contribution is -0.142. The molecule has 2 amide bonds. The van der Waals surface area contributed by atoms with Crippen LogP contribution in [0.1, 0.15) is 32.6 Å². The average molecular weight is 503 g/mol. The number of rotatable bonds is 10. The Kier molecular flexibility index (Phi) is 9.05. The summed E-state index contributed by atoms with van der Waals surface area (Å²) in [5.74, 6) is -0.333. The van der Waals surface area contributed by atoms with E-state index < -0.39 is 28.5 Å². The van der Waals surface area contributed by atoms with Crippen molar-refractivity contribution in [3.05, 3.63) is 42.5 Å². The molecule has 1 aliphatic heterocycles. The quantitative estimate of drug-likeness (QED) is 0.215. The smallest absolute Gasteiger partial charge is 0.242 e. The monoisotopic (exact) mass is 502 g/mol. The number of carbonyl (C=O) groups excluding carboxylic acids is 2. The van der Waals surface area contributed by atoms with E-state index in [1.165, 1.54) is 11.0 Å². The van der Waals surface area contributed by atoms with Gasteiger partial charge in [-0.15, -0.1) is 0 Å². The molecular formula is C24H34N6O4S. The zero-order valence-corrected chi connectivity index (χ0v) is 20.8. The van der Waals surface area contributed by atoms with E-state index in [-0.39, 0.29) is 22.7 Å². The van der Waals surface area contributed by atoms with Gasteiger partial charge in [-0.25, -0.2) is 13.1 Å². The summed E-state index contributed by atoms with van der Waals surface area (Å²) in [5, 5.41) is 4.60. The fourth-order valence-corrected chi connectivity index (χ4v) is 5.15. The zero-order chi connectivity index (χ0) is 25.4. The minimum absolute atomic E-state index is 0.0376. The second-order valence-corrected chi connectivity index (χ2v) is 10.6. The third-order valence-corrected chi connectivity index (χ3v) is 7.51. The molecule has 11 heteroatoms. The Balaban J connectivity index is 1.58. The van der Waals surface area contributed by atoms with E-state index in [1.54, 1.807) is 12.1 Å². The summed E-state index contributed by atoms with van der Waals surface area (Å²) in [4.78, 5) is 31.3. The van der Waals surface area contributed by atoms with Gasteiger partial charge in [-0.3, -0.25) is 14.6 Å². The predicted molar refractivity (Wildman–Crippen MR) is 136 cm³/mol. The van der Waals surface area contributed by atoms with Crippen LogP contribution < -0.4 is 21.5 Å². The van der Waals surface area contributed by atoms with Crippen molar-refractivity contribution in [1.29, 1.82) is 0 Å². The molecule has 1 heterocycles. The Morgan fingerprint density at radius 1 is 1.11 bits per heavy atom. The Morgan fingerprint density at radius 3 is 2.60 bits per heavy atom. The van der Waals surface area contributed by atoms with Crippen molar-refractivity contribution >= 4 is 38.6 Å². The summed E-state index contributed by atoms with van der Waals surface area (Å²) in [7, 11) is -3.89. The Labute approximate surface area is 206 Å². The van der Waals surface area contributed by atoms with Crippen LogP contribution in [0.5, 0.6) is 0 Å². The number of unbranched alkanes of at least 4 members (excludes halogenated alkanes) is 1. The van der Waals surface area contributed by atoms with Gasteiger partial charge in [0.2, 0.25) is 21.8 Å². The van der Waals surface area contributed by atoms with Crippen LogP contribution in [-0.2, 0) is 19.6 Å². The highest BCUT2D eigenvalue weighted by molar-refractivity contribution is 7.89. The number of benzene rings is 2. The first-order chi connectivity index (χ1) is 16.7. The molecule has 10 nitrogen and oxygen atoms in total. The maximum absolute atomic E-state index is 13.0. The highest BCUT2D eigenvalue weighted by Crippen LogP contribution is 2.23. The Bertz CT molecular complexity index is 1180. The summed E-state index contributed by atoms with van der Waals surface area (Å²) >= 11 is 0. The number of carbonyl (C=O) groups is 2. The van der Waals surface area contributed by atoms with Crippen LogP contribution in [0.15, 0.2) is 52.4 Å². The van der Waals surface area contributed by atoms with E-state index in [9.17, 15) is 18.0 Å². The van der Waals surface area contributed by atoms with E-state index in [4.69, 9.17) is 11.5 Å². The molecule has 0 radical (unpaired) electrons. The molecule has 2 aromatic carbocycles. The number of hydrogen-bond acceptors (Lipinski definition) is 5. The lowest BCUT2D eigenvalue weighted by atomic mass is 9.91. The maximum atomic E-state index is 13.0. The summed E-state index contributed by atoms with van der Waals surface area (Å²) in [5.41, 5.74) is 10.6. The summed E-state index contributed by atoms with van der Waals surface area (Å²) in [6.07, 6.45) is 2.71. The SMILES string of the molecule is CC1CCN(C(=O)CNS(=O)(=O)c2ccc3ccccc3c2)C(C(=O)NCCCCN=C(N)N)C1. The molecule has 0 aromatic heterocycles. The van der Waals surface area contributed by atoms with Crippen LogP contribution in [0, 0.1) is 5.92 Å². The van der Waals surface area contributed by atoms with Gasteiger partial charge < -0.3 is 21.7 Å². The molecule has 2 unspecified atom stereocenters. The molecule has 6 N–H and O–H groups in total. The standard InChI is InChI=1S/C24H34N6O4S/c1-17-10-13-30(21(14-17)23(32)27-11-4-5-12-28-24(25)26)22(31)16-29-35(33,34)20-9-8-18-6-2-3-7-19(18)15-20/h2-3,6-9,15,17,21,29H,4-5,10-14,16H2,1H3,(H,27,32)(H4,25,26,28). The Morgan fingerprint density at radius 2 is 1.86 bits per heavy atom. The molecule has 0 saturated carbocycles. The number of sulfonamides is 1. The molecule has 3 rings (SSSR count). The minimum atomic E-state index is -3.89. The maximum Gasteiger partial charge on any atom is 0.242 e. The molecule has 35 heavy (non-hydrogen) atoms. The van der Waals surface area contributed by atoms with Gasteiger partial charge in [-0.2, -0.15) is 0 Å². The van der Waals surface area contributed by atoms with Crippen molar-refractivity contribution in [2.75, 3.05) is 26.2 Å². The second-order valence-electron chi connectivity index (χ2n) is 8.87. The van der Waals surface area contributed by atoms with Gasteiger partial charge in [0.25, 0.3) is 0 Å². The number of amides is 2. The fraction of sp³-hybridized carbons (Fsp3) is 0.458. The molecule has 1 saturated heterocycles. The predicted octanol–water partition coefficient (Wildman–Crippen LogP) is 0.915. The van der Waals surface area contributed by atoms with Crippen molar-refractivity contribution in [3.8, 4) is 0 Å². The van der Waals surface area contributed by atoms with Gasteiger partial charge in [0.1, 0.15) is 6.04 Å². The summed E-state index contributed by atoms with van der Waals surface area (Å²) in [6, 6.07) is 11.6. The molecule has 190 valence electrons. The number of nitrogens with two attached hydrogens (primary N) is 2. The van der Waals surface area contributed by atoms with E-state index in [2.05, 4.69) is 15.0 Å². The molecule has 1 fully saturated rings. The molecule has 2 aromatic rings. The van der Waals surface area contributed by atoms with Crippen LogP contribution in [0.2, 0.25) is 0 Å². The first-order valence-electron chi connectivity index (χ1n) is 11.8. The van der Waals surface area contributed by atoms with E-state index in [1.807, 2.05) is 31.2 Å². The zero-order valence-electron chi connectivity index (χ0n) is 19.9. The Hall–Kier alpha value is -3.18. The van der Waals surface area contributed by atoms with Crippen LogP contribution >= 0.6 is 0 Å². The van der Waals surface area contributed by atoms with Crippen molar-refractivity contribution in [2.24, 2.45) is 22.4 Å². The first kappa shape index (κ1) is 26.4. The largest absolute Gasteiger partial charge is 0.370 e. The fourth-order valence-electron chi connectivity index (χ4n) is 4.14. The van der Waals surface area contributed by atoms with Crippen molar-refractivity contribution in [3.63, 3.8) is 0 Å². The molecule has 0 spiro atoms. The normalized spacial score (nSPS) is 18.3. The van der Waals surface area contributed by atoms with Crippen LogP contribution in [-0.4, -0.2) is 63.3 Å². The number of fused-ring (bicyclic) bond motifs is 1. The average Bonchev–Trinajstić information content (AvgIpc) is 2.84. The van der Waals surface area contributed by atoms with Gasteiger partial charge in [0.05, 0.1) is 11.4 Å². The molecular weight excluding hydrogens is 468 g/mol. The van der Waals surface area contributed by atoms with Crippen molar-refractivity contribution < 1.29 is 18.0 Å². The van der Waals surface area contributed by atoms with Crippen LogP contribution in [0.25, 0.3) is 10.8 Å². The van der Waals surface area contributed by atoms with E-state index in [0.717, 1.165) is 23.6 Å². The number of hydrogen-bond donors (Lipinski definition) is 4. The number of nitrogens with zero attached hydrogens (tertiary/aromatic N) is 2. The second kappa shape index (κ2) is 12.0. The highest BCUT2D eigenvalue weighted by Gasteiger charge is 2.35. The van der Waals surface area contributed by atoms with Crippen molar-refractivity contribution in [1.82, 2.24) is 14.9 Å². The lowest BCUT2D eigenvalue weighted by Crippen LogP contribution is -2.55. The lowest BCUT2D eigenvalue weighted by Gasteiger charge is -2.37. The van der Waals surface area contributed by atoms with Gasteiger partial charge in [-0.05, 0) is 54.5 Å². The van der Waals surface area contributed by atoms with Crippen molar-refractivity contribution in [2.45, 2.75) is 43.5 Å². The van der Waals surface area contributed by atoms with Gasteiger partial charge in [0, 0.05) is 19.6 Å².